The van der Waals surface area contributed by atoms with E-state index >= 15 is 0 Å². The summed E-state index contributed by atoms with van der Waals surface area (Å²) in [7, 11) is 0. The Balaban J connectivity index is 1.91. The summed E-state index contributed by atoms with van der Waals surface area (Å²) in [5, 5.41) is 12.1. The van der Waals surface area contributed by atoms with Crippen LogP contribution in [0, 0.1) is 13.8 Å². The molecule has 26 heavy (non-hydrogen) atoms. The highest BCUT2D eigenvalue weighted by Crippen LogP contribution is 2.37. The van der Waals surface area contributed by atoms with Gasteiger partial charge in [0.05, 0.1) is 12.7 Å². The van der Waals surface area contributed by atoms with E-state index in [9.17, 15) is 9.90 Å². The summed E-state index contributed by atoms with van der Waals surface area (Å²) in [5.41, 5.74) is 1.71. The molecule has 2 heterocycles. The number of hydrogen-bond donors (Lipinski definition) is 1. The number of rotatable bonds is 6. The summed E-state index contributed by atoms with van der Waals surface area (Å²) in [6.07, 6.45) is -0.588. The topological polar surface area (TPSA) is 72.3 Å². The normalized spacial score (nSPS) is 12.3. The molecular formula is C19H20N2O3S2. The van der Waals surface area contributed by atoms with Crippen LogP contribution in [0.5, 0.6) is 0 Å². The Morgan fingerprint density at radius 3 is 2.69 bits per heavy atom. The maximum Gasteiger partial charge on any atom is 0.348 e. The lowest BCUT2D eigenvalue weighted by Gasteiger charge is -2.11. The molecule has 0 aliphatic heterocycles. The van der Waals surface area contributed by atoms with Gasteiger partial charge in [0.2, 0.25) is 0 Å². The molecule has 3 aromatic rings. The number of thioether (sulfide) groups is 1. The van der Waals surface area contributed by atoms with Crippen LogP contribution >= 0.6 is 23.1 Å². The molecule has 1 atom stereocenters. The van der Waals surface area contributed by atoms with E-state index in [-0.39, 0.29) is 5.97 Å². The van der Waals surface area contributed by atoms with E-state index in [1.54, 1.807) is 6.92 Å². The predicted octanol–water partition coefficient (Wildman–Crippen LogP) is 4.31. The number of benzene rings is 1. The lowest BCUT2D eigenvalue weighted by Crippen LogP contribution is -2.04. The SMILES string of the molecule is CCOC(=O)c1sc2nc(C)nc(SCC(O)c3ccccc3)c2c1C. The number of carbonyl (C=O) groups is 1. The first-order chi connectivity index (χ1) is 12.5. The van der Waals surface area contributed by atoms with Crippen molar-refractivity contribution < 1.29 is 14.6 Å². The van der Waals surface area contributed by atoms with E-state index in [1.807, 2.05) is 44.2 Å². The van der Waals surface area contributed by atoms with Gasteiger partial charge in [0.25, 0.3) is 0 Å². The zero-order valence-corrected chi connectivity index (χ0v) is 16.5. The summed E-state index contributed by atoms with van der Waals surface area (Å²) in [6.45, 7) is 5.84. The molecule has 1 N–H and O–H groups in total. The molecule has 3 rings (SSSR count). The highest BCUT2D eigenvalue weighted by molar-refractivity contribution is 7.99. The van der Waals surface area contributed by atoms with Gasteiger partial charge in [-0.1, -0.05) is 30.3 Å². The average molecular weight is 389 g/mol. The van der Waals surface area contributed by atoms with Crippen LogP contribution in [0.15, 0.2) is 35.4 Å². The molecule has 0 saturated carbocycles. The molecule has 7 heteroatoms. The minimum absolute atomic E-state index is 0.328. The fourth-order valence-electron chi connectivity index (χ4n) is 2.63. The van der Waals surface area contributed by atoms with Crippen LogP contribution < -0.4 is 0 Å². The smallest absolute Gasteiger partial charge is 0.348 e. The lowest BCUT2D eigenvalue weighted by atomic mass is 10.1. The van der Waals surface area contributed by atoms with E-state index in [0.717, 1.165) is 26.4 Å². The molecule has 0 spiro atoms. The van der Waals surface area contributed by atoms with Crippen molar-refractivity contribution in [2.24, 2.45) is 0 Å². The number of thiophene rings is 1. The third-order valence-corrected chi connectivity index (χ3v) is 6.11. The summed E-state index contributed by atoms with van der Waals surface area (Å²) >= 11 is 2.80. The number of nitrogens with zero attached hydrogens (tertiary/aromatic N) is 2. The number of aliphatic hydroxyl groups is 1. The van der Waals surface area contributed by atoms with Crippen molar-refractivity contribution in [3.05, 3.63) is 52.2 Å². The third-order valence-electron chi connectivity index (χ3n) is 3.89. The van der Waals surface area contributed by atoms with Gasteiger partial charge in [-0.25, -0.2) is 14.8 Å². The van der Waals surface area contributed by atoms with Gasteiger partial charge >= 0.3 is 5.97 Å². The number of carbonyl (C=O) groups excluding carboxylic acids is 1. The Bertz CT molecular complexity index is 925. The molecular weight excluding hydrogens is 368 g/mol. The van der Waals surface area contributed by atoms with Gasteiger partial charge in [0.15, 0.2) is 0 Å². The van der Waals surface area contributed by atoms with E-state index in [2.05, 4.69) is 9.97 Å². The molecule has 0 radical (unpaired) electrons. The highest BCUT2D eigenvalue weighted by atomic mass is 32.2. The Morgan fingerprint density at radius 1 is 1.27 bits per heavy atom. The first-order valence-electron chi connectivity index (χ1n) is 8.32. The number of aryl methyl sites for hydroxylation is 2. The van der Waals surface area contributed by atoms with Crippen molar-refractivity contribution >= 4 is 39.3 Å². The standard InChI is InChI=1S/C19H20N2O3S2/c1-4-24-19(23)16-11(2)15-17(20-12(3)21-18(15)26-16)25-10-14(22)13-8-6-5-7-9-13/h5-9,14,22H,4,10H2,1-3H3. The number of esters is 1. The summed E-state index contributed by atoms with van der Waals surface area (Å²) in [6, 6.07) is 9.55. The van der Waals surface area contributed by atoms with Crippen molar-refractivity contribution in [3.63, 3.8) is 0 Å². The maximum atomic E-state index is 12.2. The maximum absolute atomic E-state index is 12.2. The van der Waals surface area contributed by atoms with Gasteiger partial charge in [-0.05, 0) is 31.9 Å². The van der Waals surface area contributed by atoms with Crippen LogP contribution in [-0.4, -0.2) is 33.4 Å². The second kappa shape index (κ2) is 8.16. The van der Waals surface area contributed by atoms with E-state index in [1.165, 1.54) is 23.1 Å². The Kier molecular flexibility index (Phi) is 5.90. The molecule has 5 nitrogen and oxygen atoms in total. The Morgan fingerprint density at radius 2 is 2.00 bits per heavy atom. The lowest BCUT2D eigenvalue weighted by molar-refractivity contribution is 0.0531. The van der Waals surface area contributed by atoms with Crippen LogP contribution in [0.2, 0.25) is 0 Å². The van der Waals surface area contributed by atoms with Gasteiger partial charge in [-0.3, -0.25) is 0 Å². The van der Waals surface area contributed by atoms with Crippen LogP contribution in [0.4, 0.5) is 0 Å². The summed E-state index contributed by atoms with van der Waals surface area (Å²) in [5.74, 6) is 0.788. The fourth-order valence-corrected chi connectivity index (χ4v) is 4.91. The molecule has 0 aliphatic carbocycles. The van der Waals surface area contributed by atoms with Gasteiger partial charge in [0, 0.05) is 11.1 Å². The zero-order valence-electron chi connectivity index (χ0n) is 14.9. The quantitative estimate of drug-likeness (QED) is 0.385. The Labute approximate surface area is 160 Å². The van der Waals surface area contributed by atoms with Gasteiger partial charge in [0.1, 0.15) is 20.6 Å². The Hall–Kier alpha value is -1.96. The predicted molar refractivity (Wildman–Crippen MR) is 105 cm³/mol. The number of fused-ring (bicyclic) bond motifs is 1. The number of hydrogen-bond acceptors (Lipinski definition) is 7. The molecule has 136 valence electrons. The van der Waals surface area contributed by atoms with Crippen molar-refractivity contribution in [1.82, 2.24) is 9.97 Å². The first-order valence-corrected chi connectivity index (χ1v) is 10.1. The number of ether oxygens (including phenoxy) is 1. The highest BCUT2D eigenvalue weighted by Gasteiger charge is 2.21. The third kappa shape index (κ3) is 3.90. The minimum Gasteiger partial charge on any atom is -0.462 e. The molecule has 2 aromatic heterocycles. The van der Waals surface area contributed by atoms with Gasteiger partial charge < -0.3 is 9.84 Å². The summed E-state index contributed by atoms with van der Waals surface area (Å²) in [4.78, 5) is 22.5. The van der Waals surface area contributed by atoms with Crippen molar-refractivity contribution in [2.75, 3.05) is 12.4 Å². The molecule has 1 aromatic carbocycles. The second-order valence-electron chi connectivity index (χ2n) is 5.77. The second-order valence-corrected chi connectivity index (χ2v) is 7.78. The molecule has 0 amide bonds. The van der Waals surface area contributed by atoms with Crippen molar-refractivity contribution in [1.29, 1.82) is 0 Å². The van der Waals surface area contributed by atoms with E-state index < -0.39 is 6.10 Å². The van der Waals surface area contributed by atoms with Crippen LogP contribution in [0.1, 0.15) is 39.7 Å². The first kappa shape index (κ1) is 18.8. The van der Waals surface area contributed by atoms with Crippen molar-refractivity contribution in [3.8, 4) is 0 Å². The average Bonchev–Trinajstić information content (AvgIpc) is 2.97. The van der Waals surface area contributed by atoms with Gasteiger partial charge in [-0.15, -0.1) is 23.1 Å². The molecule has 0 bridgehead atoms. The monoisotopic (exact) mass is 388 g/mol. The number of aliphatic hydroxyl groups excluding tert-OH is 1. The van der Waals surface area contributed by atoms with E-state index in [4.69, 9.17) is 4.74 Å². The van der Waals surface area contributed by atoms with Gasteiger partial charge in [-0.2, -0.15) is 0 Å². The molecule has 0 saturated heterocycles. The van der Waals surface area contributed by atoms with Crippen LogP contribution in [-0.2, 0) is 4.74 Å². The largest absolute Gasteiger partial charge is 0.462 e. The van der Waals surface area contributed by atoms with Crippen molar-refractivity contribution in [2.45, 2.75) is 31.9 Å². The fraction of sp³-hybridized carbons (Fsp3) is 0.316. The molecule has 0 fully saturated rings. The van der Waals surface area contributed by atoms with E-state index in [0.29, 0.717) is 23.1 Å². The van der Waals surface area contributed by atoms with Crippen LogP contribution in [0.25, 0.3) is 10.2 Å². The number of aromatic nitrogens is 2. The molecule has 1 unspecified atom stereocenters. The zero-order chi connectivity index (χ0) is 18.7. The molecule has 0 aliphatic rings. The minimum atomic E-state index is -0.588. The van der Waals surface area contributed by atoms with Crippen LogP contribution in [0.3, 0.4) is 0 Å². The summed E-state index contributed by atoms with van der Waals surface area (Å²) < 4.78 is 5.14.